The lowest BCUT2D eigenvalue weighted by Gasteiger charge is -2.35. The quantitative estimate of drug-likeness (QED) is 0.374. The van der Waals surface area contributed by atoms with E-state index in [2.05, 4.69) is 20.4 Å². The van der Waals surface area contributed by atoms with Crippen LogP contribution in [0.15, 0.2) is 33.8 Å². The van der Waals surface area contributed by atoms with Crippen LogP contribution in [0.3, 0.4) is 0 Å². The van der Waals surface area contributed by atoms with Gasteiger partial charge in [0.25, 0.3) is 0 Å². The third-order valence-electron chi connectivity index (χ3n) is 4.23. The molecule has 0 radical (unpaired) electrons. The molecule has 7 nitrogen and oxygen atoms in total. The molecule has 2 heterocycles. The Balaban J connectivity index is 0.00000300. The van der Waals surface area contributed by atoms with Crippen LogP contribution < -0.4 is 5.32 Å². The Kier molecular flexibility index (Phi) is 8.25. The molecule has 11 heteroatoms. The topological polar surface area (TPSA) is 75.8 Å². The van der Waals surface area contributed by atoms with Crippen LogP contribution in [0, 0.1) is 6.92 Å². The summed E-state index contributed by atoms with van der Waals surface area (Å²) < 4.78 is 49.7. The number of aromatic nitrogens is 2. The summed E-state index contributed by atoms with van der Waals surface area (Å²) in [4.78, 5) is 10.6. The number of nitrogens with zero attached hydrogens (tertiary/aromatic N) is 4. The summed E-state index contributed by atoms with van der Waals surface area (Å²) in [5.74, 6) is 1.56. The molecule has 0 amide bonds. The first-order valence-electron chi connectivity index (χ1n) is 8.98. The van der Waals surface area contributed by atoms with E-state index in [1.54, 1.807) is 13.0 Å². The van der Waals surface area contributed by atoms with Crippen LogP contribution in [0.1, 0.15) is 35.9 Å². The van der Waals surface area contributed by atoms with Crippen molar-refractivity contribution in [2.75, 3.05) is 26.2 Å². The Morgan fingerprint density at radius 3 is 2.83 bits per heavy atom. The second-order valence-electron chi connectivity index (χ2n) is 6.33. The lowest BCUT2D eigenvalue weighted by Crippen LogP contribution is -2.48. The molecule has 0 saturated carbocycles. The molecule has 0 aliphatic carbocycles. The molecule has 1 fully saturated rings. The van der Waals surface area contributed by atoms with Gasteiger partial charge in [0.1, 0.15) is 12.6 Å². The van der Waals surface area contributed by atoms with Crippen molar-refractivity contribution in [2.45, 2.75) is 32.7 Å². The molecule has 160 valence electrons. The van der Waals surface area contributed by atoms with E-state index in [1.165, 1.54) is 6.07 Å². The number of alkyl halides is 3. The molecular weight excluding hydrogens is 502 g/mol. The van der Waals surface area contributed by atoms with Gasteiger partial charge >= 0.3 is 6.18 Å². The minimum Gasteiger partial charge on any atom is -0.370 e. The van der Waals surface area contributed by atoms with Crippen molar-refractivity contribution in [2.24, 2.45) is 4.99 Å². The second-order valence-corrected chi connectivity index (χ2v) is 6.33. The molecule has 1 aromatic heterocycles. The van der Waals surface area contributed by atoms with Crippen LogP contribution in [0.4, 0.5) is 13.2 Å². The molecule has 1 aromatic carbocycles. The number of guanidine groups is 1. The Morgan fingerprint density at radius 2 is 2.17 bits per heavy atom. The number of benzene rings is 1. The van der Waals surface area contributed by atoms with E-state index in [9.17, 15) is 13.2 Å². The summed E-state index contributed by atoms with van der Waals surface area (Å²) in [6.07, 6.45) is -4.86. The van der Waals surface area contributed by atoms with E-state index >= 15 is 0 Å². The fourth-order valence-electron chi connectivity index (χ4n) is 2.94. The van der Waals surface area contributed by atoms with Crippen molar-refractivity contribution in [3.05, 3.63) is 47.1 Å². The maximum Gasteiger partial charge on any atom is 0.416 e. The van der Waals surface area contributed by atoms with Crippen LogP contribution in [-0.2, 0) is 17.5 Å². The zero-order valence-electron chi connectivity index (χ0n) is 16.1. The number of aryl methyl sites for hydroxylation is 1. The molecule has 1 aliphatic rings. The summed E-state index contributed by atoms with van der Waals surface area (Å²) in [6, 6.07) is 5.25. The van der Waals surface area contributed by atoms with Crippen molar-refractivity contribution in [1.29, 1.82) is 0 Å². The molecule has 1 atom stereocenters. The molecule has 1 unspecified atom stereocenters. The van der Waals surface area contributed by atoms with E-state index in [-0.39, 0.29) is 30.5 Å². The number of rotatable bonds is 4. The van der Waals surface area contributed by atoms with Crippen molar-refractivity contribution in [3.63, 3.8) is 0 Å². The monoisotopic (exact) mass is 525 g/mol. The average Bonchev–Trinajstić information content (AvgIpc) is 3.10. The molecule has 29 heavy (non-hydrogen) atoms. The molecule has 3 rings (SSSR count). The predicted molar refractivity (Wildman–Crippen MR) is 111 cm³/mol. The molecule has 1 N–H and O–H groups in total. The smallest absolute Gasteiger partial charge is 0.370 e. The maximum atomic E-state index is 13.0. The highest BCUT2D eigenvalue weighted by Crippen LogP contribution is 2.32. The SMILES string of the molecule is CCNC(=NCc1noc(C)n1)N1CCOC(c2cccc(C(F)(F)F)c2)C1.I. The molecule has 0 bridgehead atoms. The third kappa shape index (κ3) is 6.29. The van der Waals surface area contributed by atoms with Gasteiger partial charge in [-0.2, -0.15) is 18.2 Å². The number of halogens is 4. The first-order valence-corrected chi connectivity index (χ1v) is 8.98. The molecular formula is C18H23F3IN5O2. The van der Waals surface area contributed by atoms with E-state index in [0.29, 0.717) is 49.5 Å². The summed E-state index contributed by atoms with van der Waals surface area (Å²) >= 11 is 0. The maximum absolute atomic E-state index is 13.0. The summed E-state index contributed by atoms with van der Waals surface area (Å²) in [5, 5.41) is 7.01. The van der Waals surface area contributed by atoms with Crippen LogP contribution in [0.5, 0.6) is 0 Å². The molecule has 1 saturated heterocycles. The van der Waals surface area contributed by atoms with Gasteiger partial charge in [-0.1, -0.05) is 17.3 Å². The molecule has 1 aliphatic heterocycles. The van der Waals surface area contributed by atoms with Gasteiger partial charge in [-0.25, -0.2) is 4.99 Å². The number of aliphatic imine (C=N–C) groups is 1. The van der Waals surface area contributed by atoms with Crippen LogP contribution in [-0.4, -0.2) is 47.2 Å². The number of ether oxygens (including phenoxy) is 1. The number of hydrogen-bond acceptors (Lipinski definition) is 5. The minimum atomic E-state index is -4.39. The van der Waals surface area contributed by atoms with Gasteiger partial charge in [0, 0.05) is 20.0 Å². The largest absolute Gasteiger partial charge is 0.416 e. The molecule has 2 aromatic rings. The highest BCUT2D eigenvalue weighted by molar-refractivity contribution is 14.0. The average molecular weight is 525 g/mol. The van der Waals surface area contributed by atoms with Crippen molar-refractivity contribution >= 4 is 29.9 Å². The van der Waals surface area contributed by atoms with Gasteiger partial charge in [-0.15, -0.1) is 24.0 Å². The van der Waals surface area contributed by atoms with Crippen molar-refractivity contribution in [1.82, 2.24) is 20.4 Å². The van der Waals surface area contributed by atoms with Gasteiger partial charge in [-0.05, 0) is 24.6 Å². The Hall–Kier alpha value is -1.89. The van der Waals surface area contributed by atoms with E-state index < -0.39 is 17.8 Å². The Bertz CT molecular complexity index is 828. The highest BCUT2D eigenvalue weighted by atomic mass is 127. The van der Waals surface area contributed by atoms with E-state index in [4.69, 9.17) is 9.26 Å². The third-order valence-corrected chi connectivity index (χ3v) is 4.23. The van der Waals surface area contributed by atoms with Crippen LogP contribution >= 0.6 is 24.0 Å². The van der Waals surface area contributed by atoms with Gasteiger partial charge in [-0.3, -0.25) is 0 Å². The fourth-order valence-corrected chi connectivity index (χ4v) is 2.94. The number of nitrogens with one attached hydrogen (secondary N) is 1. The van der Waals surface area contributed by atoms with Crippen molar-refractivity contribution < 1.29 is 22.4 Å². The first-order chi connectivity index (χ1) is 13.4. The number of hydrogen-bond donors (Lipinski definition) is 1. The normalized spacial score (nSPS) is 17.8. The zero-order chi connectivity index (χ0) is 20.1. The van der Waals surface area contributed by atoms with Gasteiger partial charge in [0.15, 0.2) is 11.8 Å². The minimum absolute atomic E-state index is 0. The second kappa shape index (κ2) is 10.2. The highest BCUT2D eigenvalue weighted by Gasteiger charge is 2.32. The summed E-state index contributed by atoms with van der Waals surface area (Å²) in [5.41, 5.74) is -0.192. The first kappa shape index (κ1) is 23.4. The predicted octanol–water partition coefficient (Wildman–Crippen LogP) is 3.55. The molecule has 0 spiro atoms. The Morgan fingerprint density at radius 1 is 1.38 bits per heavy atom. The standard InChI is InChI=1S/C18H22F3N5O2.HI/c1-3-22-17(23-10-16-24-12(2)28-25-16)26-7-8-27-15(11-26)13-5-4-6-14(9-13)18(19,20)21;/h4-6,9,15H,3,7-8,10-11H2,1-2H3,(H,22,23);1H. The van der Waals surface area contributed by atoms with E-state index in [1.807, 2.05) is 11.8 Å². The van der Waals surface area contributed by atoms with Gasteiger partial charge in [0.2, 0.25) is 5.89 Å². The summed E-state index contributed by atoms with van der Waals surface area (Å²) in [7, 11) is 0. The van der Waals surface area contributed by atoms with Crippen molar-refractivity contribution in [3.8, 4) is 0 Å². The zero-order valence-corrected chi connectivity index (χ0v) is 18.4. The van der Waals surface area contributed by atoms with Gasteiger partial charge in [0.05, 0.1) is 18.7 Å². The Labute approximate surface area is 183 Å². The van der Waals surface area contributed by atoms with Crippen LogP contribution in [0.2, 0.25) is 0 Å². The number of morpholine rings is 1. The fraction of sp³-hybridized carbons (Fsp3) is 0.500. The van der Waals surface area contributed by atoms with Gasteiger partial charge < -0.3 is 19.5 Å². The summed E-state index contributed by atoms with van der Waals surface area (Å²) in [6.45, 7) is 5.88. The lowest BCUT2D eigenvalue weighted by molar-refractivity contribution is -0.137. The van der Waals surface area contributed by atoms with Crippen LogP contribution in [0.25, 0.3) is 0 Å². The lowest BCUT2D eigenvalue weighted by atomic mass is 10.0. The van der Waals surface area contributed by atoms with E-state index in [0.717, 1.165) is 12.1 Å².